The van der Waals surface area contributed by atoms with Gasteiger partial charge < -0.3 is 19.3 Å². The Hall–Kier alpha value is -1.92. The largest absolute Gasteiger partial charge is 0.347 e. The minimum absolute atomic E-state index is 0.145. The first-order valence-corrected chi connectivity index (χ1v) is 8.76. The number of nitrogens with zero attached hydrogens (tertiary/aromatic N) is 2. The van der Waals surface area contributed by atoms with E-state index in [-0.39, 0.29) is 11.8 Å². The third-order valence-electron chi connectivity index (χ3n) is 5.14. The van der Waals surface area contributed by atoms with E-state index in [1.165, 1.54) is 0 Å². The van der Waals surface area contributed by atoms with E-state index in [4.69, 9.17) is 9.47 Å². The zero-order valence-corrected chi connectivity index (χ0v) is 15.2. The van der Waals surface area contributed by atoms with Crippen LogP contribution < -0.4 is 4.90 Å². The number of amides is 2. The number of para-hydroxylation sites is 1. The second-order valence-corrected chi connectivity index (χ2v) is 7.22. The van der Waals surface area contributed by atoms with Crippen LogP contribution in [0, 0.1) is 5.41 Å². The Morgan fingerprint density at radius 3 is 2.20 bits per heavy atom. The summed E-state index contributed by atoms with van der Waals surface area (Å²) in [5, 5.41) is 0. The molecule has 2 saturated heterocycles. The second-order valence-electron chi connectivity index (χ2n) is 7.22. The van der Waals surface area contributed by atoms with Crippen molar-refractivity contribution in [2.75, 3.05) is 38.3 Å². The molecule has 2 aliphatic heterocycles. The van der Waals surface area contributed by atoms with E-state index in [0.29, 0.717) is 39.1 Å². The summed E-state index contributed by atoms with van der Waals surface area (Å²) in [6.07, 6.45) is 1.30. The van der Waals surface area contributed by atoms with Crippen molar-refractivity contribution in [3.05, 3.63) is 30.3 Å². The monoisotopic (exact) mass is 346 g/mol. The van der Waals surface area contributed by atoms with Gasteiger partial charge in [-0.25, -0.2) is 0 Å². The van der Waals surface area contributed by atoms with Crippen molar-refractivity contribution in [2.24, 2.45) is 5.41 Å². The number of rotatable bonds is 3. The first-order chi connectivity index (χ1) is 11.9. The second kappa shape index (κ2) is 6.77. The minimum atomic E-state index is -1.12. The van der Waals surface area contributed by atoms with Gasteiger partial charge in [0.15, 0.2) is 5.79 Å². The fourth-order valence-corrected chi connectivity index (χ4v) is 3.51. The van der Waals surface area contributed by atoms with Crippen LogP contribution in [-0.4, -0.2) is 55.9 Å². The molecule has 25 heavy (non-hydrogen) atoms. The molecule has 0 radical (unpaired) electrons. The third-order valence-corrected chi connectivity index (χ3v) is 5.14. The van der Waals surface area contributed by atoms with Gasteiger partial charge in [-0.3, -0.25) is 9.59 Å². The number of hydrogen-bond donors (Lipinski definition) is 0. The molecule has 0 N–H and O–H groups in total. The van der Waals surface area contributed by atoms with Gasteiger partial charge in [0, 0.05) is 38.7 Å². The summed E-state index contributed by atoms with van der Waals surface area (Å²) in [6, 6.07) is 9.36. The predicted molar refractivity (Wildman–Crippen MR) is 94.1 cm³/mol. The first kappa shape index (κ1) is 17.9. The molecule has 0 aliphatic carbocycles. The summed E-state index contributed by atoms with van der Waals surface area (Å²) in [7, 11) is 1.71. The molecular weight excluding hydrogens is 320 g/mol. The maximum absolute atomic E-state index is 13.0. The lowest BCUT2D eigenvalue weighted by molar-refractivity contribution is -0.189. The molecule has 2 fully saturated rings. The van der Waals surface area contributed by atoms with Crippen LogP contribution in [0.4, 0.5) is 5.69 Å². The van der Waals surface area contributed by atoms with E-state index in [1.54, 1.807) is 30.7 Å². The smallest absolute Gasteiger partial charge is 0.241 e. The Kier molecular flexibility index (Phi) is 4.84. The van der Waals surface area contributed by atoms with Crippen molar-refractivity contribution in [1.82, 2.24) is 4.90 Å². The number of piperidine rings is 1. The Morgan fingerprint density at radius 2 is 1.64 bits per heavy atom. The number of carbonyl (C=O) groups excluding carboxylic acids is 2. The van der Waals surface area contributed by atoms with Crippen LogP contribution in [0.3, 0.4) is 0 Å². The maximum atomic E-state index is 13.0. The lowest BCUT2D eigenvalue weighted by atomic mass is 9.88. The summed E-state index contributed by atoms with van der Waals surface area (Å²) in [5.41, 5.74) is -0.342. The molecule has 6 nitrogen and oxygen atoms in total. The molecule has 1 spiro atoms. The minimum Gasteiger partial charge on any atom is -0.347 e. The van der Waals surface area contributed by atoms with Gasteiger partial charge in [0.1, 0.15) is 5.41 Å². The van der Waals surface area contributed by atoms with Crippen LogP contribution in [0.2, 0.25) is 0 Å². The maximum Gasteiger partial charge on any atom is 0.241 e. The highest BCUT2D eigenvalue weighted by atomic mass is 16.7. The number of carbonyl (C=O) groups is 2. The standard InChI is InChI=1S/C19H26N2O4/c1-18(2,16(22)20(3)15-7-5-4-6-8-15)17(23)21-11-9-19(10-12-21)24-13-14-25-19/h4-8H,9-14H2,1-3H3. The van der Waals surface area contributed by atoms with Gasteiger partial charge in [0.05, 0.1) is 13.2 Å². The summed E-state index contributed by atoms with van der Waals surface area (Å²) in [6.45, 7) is 5.71. The number of benzene rings is 1. The first-order valence-electron chi connectivity index (χ1n) is 8.76. The van der Waals surface area contributed by atoms with E-state index >= 15 is 0 Å². The van der Waals surface area contributed by atoms with Crippen molar-refractivity contribution in [3.63, 3.8) is 0 Å². The summed E-state index contributed by atoms with van der Waals surface area (Å²) < 4.78 is 11.4. The van der Waals surface area contributed by atoms with E-state index in [2.05, 4.69) is 0 Å². The van der Waals surface area contributed by atoms with E-state index < -0.39 is 11.2 Å². The van der Waals surface area contributed by atoms with Crippen LogP contribution in [0.25, 0.3) is 0 Å². The summed E-state index contributed by atoms with van der Waals surface area (Å²) in [5.74, 6) is -0.878. The highest BCUT2D eigenvalue weighted by Gasteiger charge is 2.46. The average molecular weight is 346 g/mol. The molecule has 2 heterocycles. The van der Waals surface area contributed by atoms with Crippen LogP contribution in [0.1, 0.15) is 26.7 Å². The lowest BCUT2D eigenvalue weighted by Gasteiger charge is -2.40. The molecule has 0 saturated carbocycles. The molecule has 0 unspecified atom stereocenters. The zero-order chi connectivity index (χ0) is 18.1. The van der Waals surface area contributed by atoms with Crippen molar-refractivity contribution in [2.45, 2.75) is 32.5 Å². The number of anilines is 1. The fourth-order valence-electron chi connectivity index (χ4n) is 3.51. The summed E-state index contributed by atoms with van der Waals surface area (Å²) >= 11 is 0. The molecule has 3 rings (SSSR count). The Labute approximate surface area is 148 Å². The molecule has 6 heteroatoms. The van der Waals surface area contributed by atoms with E-state index in [9.17, 15) is 9.59 Å². The molecule has 2 amide bonds. The van der Waals surface area contributed by atoms with Gasteiger partial charge in [0.2, 0.25) is 11.8 Å². The van der Waals surface area contributed by atoms with E-state index in [0.717, 1.165) is 5.69 Å². The van der Waals surface area contributed by atoms with Gasteiger partial charge in [-0.1, -0.05) is 18.2 Å². The van der Waals surface area contributed by atoms with Gasteiger partial charge >= 0.3 is 0 Å². The zero-order valence-electron chi connectivity index (χ0n) is 15.2. The molecule has 1 aromatic rings. The molecular formula is C19H26N2O4. The van der Waals surface area contributed by atoms with Crippen molar-refractivity contribution >= 4 is 17.5 Å². The highest BCUT2D eigenvalue weighted by Crippen LogP contribution is 2.33. The Balaban J connectivity index is 1.67. The van der Waals surface area contributed by atoms with Crippen molar-refractivity contribution in [3.8, 4) is 0 Å². The molecule has 2 aliphatic rings. The summed E-state index contributed by atoms with van der Waals surface area (Å²) in [4.78, 5) is 29.2. The molecule has 0 atom stereocenters. The van der Waals surface area contributed by atoms with Crippen molar-refractivity contribution < 1.29 is 19.1 Å². The van der Waals surface area contributed by atoms with Crippen LogP contribution in [0.5, 0.6) is 0 Å². The predicted octanol–water partition coefficient (Wildman–Crippen LogP) is 2.04. The average Bonchev–Trinajstić information content (AvgIpc) is 3.09. The third kappa shape index (κ3) is 3.41. The number of likely N-dealkylation sites (tertiary alicyclic amines) is 1. The topological polar surface area (TPSA) is 59.1 Å². The molecule has 136 valence electrons. The highest BCUT2D eigenvalue weighted by molar-refractivity contribution is 6.10. The van der Waals surface area contributed by atoms with Crippen molar-refractivity contribution in [1.29, 1.82) is 0 Å². The SMILES string of the molecule is CN(C(=O)C(C)(C)C(=O)N1CCC2(CC1)OCCO2)c1ccccc1. The Morgan fingerprint density at radius 1 is 1.08 bits per heavy atom. The van der Waals surface area contributed by atoms with Crippen LogP contribution in [-0.2, 0) is 19.1 Å². The van der Waals surface area contributed by atoms with Crippen LogP contribution >= 0.6 is 0 Å². The Bertz CT molecular complexity index is 628. The molecule has 1 aromatic carbocycles. The van der Waals surface area contributed by atoms with Gasteiger partial charge in [-0.15, -0.1) is 0 Å². The van der Waals surface area contributed by atoms with E-state index in [1.807, 2.05) is 30.3 Å². The molecule has 0 aromatic heterocycles. The van der Waals surface area contributed by atoms with Crippen LogP contribution in [0.15, 0.2) is 30.3 Å². The number of ether oxygens (including phenoxy) is 2. The number of hydrogen-bond acceptors (Lipinski definition) is 4. The van der Waals surface area contributed by atoms with Gasteiger partial charge in [-0.05, 0) is 26.0 Å². The molecule has 0 bridgehead atoms. The fraction of sp³-hybridized carbons (Fsp3) is 0.579. The van der Waals surface area contributed by atoms with Gasteiger partial charge in [0.25, 0.3) is 0 Å². The normalized spacial score (nSPS) is 19.9. The van der Waals surface area contributed by atoms with Gasteiger partial charge in [-0.2, -0.15) is 0 Å². The quantitative estimate of drug-likeness (QED) is 0.786. The lowest BCUT2D eigenvalue weighted by Crippen LogP contribution is -2.54.